The quantitative estimate of drug-likeness (QED) is 0.111. The predicted octanol–water partition coefficient (Wildman–Crippen LogP) is 7.22. The number of carbonyl (C=O) groups is 2. The minimum absolute atomic E-state index is 0.151. The molecule has 0 aliphatic heterocycles. The van der Waals surface area contributed by atoms with E-state index in [9.17, 15) is 14.2 Å². The molecule has 0 saturated carbocycles. The van der Waals surface area contributed by atoms with Crippen molar-refractivity contribution in [2.45, 2.75) is 18.6 Å². The number of methoxy groups -OCH3 is 1. The van der Waals surface area contributed by atoms with Gasteiger partial charge in [-0.1, -0.05) is 109 Å². The average Bonchev–Trinajstić information content (AvgIpc) is 3.10. The highest BCUT2D eigenvalue weighted by molar-refractivity contribution is 7.78. The molecule has 0 saturated heterocycles. The Balaban J connectivity index is 1.55. The highest BCUT2D eigenvalue weighted by Gasteiger charge is 2.35. The highest BCUT2D eigenvalue weighted by Crippen LogP contribution is 2.45. The zero-order valence-electron chi connectivity index (χ0n) is 24.3. The van der Waals surface area contributed by atoms with Crippen LogP contribution in [-0.2, 0) is 14.0 Å². The van der Waals surface area contributed by atoms with E-state index in [0.29, 0.717) is 33.0 Å². The van der Waals surface area contributed by atoms with E-state index in [1.54, 1.807) is 79.9 Å². The molecule has 0 aliphatic carbocycles. The van der Waals surface area contributed by atoms with Crippen LogP contribution in [0.4, 0.5) is 0 Å². The fraction of sp³-hybridized carbons (Fsp3) is 0.135. The first kappa shape index (κ1) is 30.5. The summed E-state index contributed by atoms with van der Waals surface area (Å²) in [7, 11) is -1.61. The van der Waals surface area contributed by atoms with Crippen LogP contribution in [0.15, 0.2) is 146 Å². The molecular formula is C37H33O6P. The van der Waals surface area contributed by atoms with Gasteiger partial charge in [0.15, 0.2) is 6.10 Å². The molecule has 7 heteroatoms. The first-order valence-electron chi connectivity index (χ1n) is 14.3. The first-order chi connectivity index (χ1) is 21.5. The lowest BCUT2D eigenvalue weighted by Gasteiger charge is -2.29. The zero-order valence-corrected chi connectivity index (χ0v) is 25.2. The Hall–Kier alpha value is -4.93. The van der Waals surface area contributed by atoms with Crippen molar-refractivity contribution in [2.24, 2.45) is 0 Å². The van der Waals surface area contributed by atoms with Gasteiger partial charge in [0.1, 0.15) is 19.0 Å². The molecule has 0 unspecified atom stereocenters. The normalized spacial score (nSPS) is 12.5. The van der Waals surface area contributed by atoms with Gasteiger partial charge < -0.3 is 18.8 Å². The maximum atomic E-state index is 14.9. The lowest BCUT2D eigenvalue weighted by molar-refractivity contribution is -0.0382. The summed E-state index contributed by atoms with van der Waals surface area (Å²) in [6.07, 6.45) is -1.65. The molecule has 5 rings (SSSR count). The third-order valence-corrected chi connectivity index (χ3v) is 10.5. The van der Waals surface area contributed by atoms with Gasteiger partial charge in [0.05, 0.1) is 18.2 Å². The Morgan fingerprint density at radius 2 is 1.02 bits per heavy atom. The van der Waals surface area contributed by atoms with Crippen LogP contribution in [0.3, 0.4) is 0 Å². The van der Waals surface area contributed by atoms with Crippen molar-refractivity contribution in [1.29, 1.82) is 0 Å². The summed E-state index contributed by atoms with van der Waals surface area (Å²) >= 11 is 0. The Kier molecular flexibility index (Phi) is 10.1. The van der Waals surface area contributed by atoms with E-state index < -0.39 is 31.3 Å². The van der Waals surface area contributed by atoms with Crippen molar-refractivity contribution >= 4 is 29.7 Å². The fourth-order valence-corrected chi connectivity index (χ4v) is 7.76. The molecule has 0 spiro atoms. The molecule has 5 aromatic rings. The summed E-state index contributed by atoms with van der Waals surface area (Å²) in [4.78, 5) is 26.9. The van der Waals surface area contributed by atoms with Gasteiger partial charge in [-0.2, -0.15) is 0 Å². The van der Waals surface area contributed by atoms with Crippen LogP contribution in [0.25, 0.3) is 0 Å². The molecule has 0 heterocycles. The summed E-state index contributed by atoms with van der Waals surface area (Å²) < 4.78 is 32.5. The molecule has 2 atom stereocenters. The van der Waals surface area contributed by atoms with E-state index in [1.165, 1.54) is 0 Å². The van der Waals surface area contributed by atoms with Gasteiger partial charge in [-0.25, -0.2) is 9.59 Å². The van der Waals surface area contributed by atoms with Crippen molar-refractivity contribution in [1.82, 2.24) is 0 Å². The van der Waals surface area contributed by atoms with Gasteiger partial charge >= 0.3 is 11.9 Å². The number of hydrogen-bond acceptors (Lipinski definition) is 6. The van der Waals surface area contributed by atoms with E-state index in [1.807, 2.05) is 72.8 Å². The molecular weight excluding hydrogens is 571 g/mol. The van der Waals surface area contributed by atoms with Gasteiger partial charge in [-0.15, -0.1) is 0 Å². The molecule has 0 amide bonds. The van der Waals surface area contributed by atoms with Crippen LogP contribution in [0, 0.1) is 0 Å². The molecule has 5 aromatic carbocycles. The van der Waals surface area contributed by atoms with E-state index in [4.69, 9.17) is 14.2 Å². The van der Waals surface area contributed by atoms with E-state index >= 15 is 0 Å². The number of ether oxygens (including phenoxy) is 3. The van der Waals surface area contributed by atoms with E-state index in [-0.39, 0.29) is 12.6 Å². The summed E-state index contributed by atoms with van der Waals surface area (Å²) in [6, 6.07) is 43.0. The maximum absolute atomic E-state index is 14.9. The monoisotopic (exact) mass is 604 g/mol. The summed E-state index contributed by atoms with van der Waals surface area (Å²) in [5, 5.41) is 1.39. The Morgan fingerprint density at radius 1 is 0.591 bits per heavy atom. The summed E-state index contributed by atoms with van der Waals surface area (Å²) in [5.74, 6) is -0.516. The minimum Gasteiger partial charge on any atom is -0.497 e. The minimum atomic E-state index is -3.18. The molecule has 0 N–H and O–H groups in total. The average molecular weight is 605 g/mol. The lowest BCUT2D eigenvalue weighted by atomic mass is 10.0. The number of esters is 2. The van der Waals surface area contributed by atoms with Gasteiger partial charge in [0, 0.05) is 16.8 Å². The van der Waals surface area contributed by atoms with Gasteiger partial charge in [-0.05, 0) is 48.4 Å². The third-order valence-electron chi connectivity index (χ3n) is 7.37. The van der Waals surface area contributed by atoms with Crippen LogP contribution in [0.5, 0.6) is 5.75 Å². The zero-order chi connectivity index (χ0) is 30.8. The number of hydrogen-bond donors (Lipinski definition) is 0. The molecule has 6 nitrogen and oxygen atoms in total. The second-order valence-corrected chi connectivity index (χ2v) is 13.2. The third kappa shape index (κ3) is 7.34. The second kappa shape index (κ2) is 14.5. The highest BCUT2D eigenvalue weighted by atomic mass is 31.2. The van der Waals surface area contributed by atoms with Crippen molar-refractivity contribution < 1.29 is 28.4 Å². The topological polar surface area (TPSA) is 78.9 Å². The number of benzene rings is 5. The first-order valence-corrected chi connectivity index (χ1v) is 16.2. The molecule has 0 aliphatic rings. The molecule has 0 radical (unpaired) electrons. The Bertz CT molecular complexity index is 1650. The Labute approximate surface area is 257 Å². The van der Waals surface area contributed by atoms with Crippen LogP contribution in [0.2, 0.25) is 0 Å². The predicted molar refractivity (Wildman–Crippen MR) is 172 cm³/mol. The van der Waals surface area contributed by atoms with Crippen LogP contribution in [-0.4, -0.2) is 31.3 Å². The van der Waals surface area contributed by atoms with E-state index in [2.05, 4.69) is 0 Å². The van der Waals surface area contributed by atoms with Crippen LogP contribution in [0.1, 0.15) is 38.8 Å². The van der Waals surface area contributed by atoms with E-state index in [0.717, 1.165) is 0 Å². The van der Waals surface area contributed by atoms with Gasteiger partial charge in [0.2, 0.25) is 0 Å². The number of carbonyl (C=O) groups excluding carboxylic acids is 2. The molecule has 0 bridgehead atoms. The Morgan fingerprint density at radius 3 is 1.48 bits per heavy atom. The SMILES string of the molecule is COc1ccc([C@H](OC(=O)c2ccccc2)[C@H](CCP(=O)(c2ccccc2)c2ccccc2)OC(=O)c2ccccc2)cc1. The largest absolute Gasteiger partial charge is 0.497 e. The summed E-state index contributed by atoms with van der Waals surface area (Å²) in [5.41, 5.74) is 1.32. The van der Waals surface area contributed by atoms with Crippen molar-refractivity contribution in [3.63, 3.8) is 0 Å². The number of rotatable bonds is 12. The van der Waals surface area contributed by atoms with Gasteiger partial charge in [-0.3, -0.25) is 0 Å². The van der Waals surface area contributed by atoms with Gasteiger partial charge in [0.25, 0.3) is 0 Å². The lowest BCUT2D eigenvalue weighted by Crippen LogP contribution is -2.31. The smallest absolute Gasteiger partial charge is 0.338 e. The molecule has 44 heavy (non-hydrogen) atoms. The molecule has 0 fully saturated rings. The molecule has 222 valence electrons. The maximum Gasteiger partial charge on any atom is 0.338 e. The van der Waals surface area contributed by atoms with Crippen LogP contribution < -0.4 is 15.3 Å². The van der Waals surface area contributed by atoms with Crippen molar-refractivity contribution in [3.05, 3.63) is 162 Å². The second-order valence-electron chi connectivity index (χ2n) is 10.2. The standard InChI is InChI=1S/C37H33O6P/c1-41-31-24-22-28(23-25-31)35(43-37(39)30-16-8-3-9-17-30)34(42-36(38)29-14-6-2-7-15-29)26-27-44(40,32-18-10-4-11-19-32)33-20-12-5-13-21-33/h2-25,34-35H,26-27H2,1H3/t34-,35-/m0/s1. The van der Waals surface area contributed by atoms with Crippen LogP contribution >= 0.6 is 7.14 Å². The molecule has 0 aromatic heterocycles. The van der Waals surface area contributed by atoms with Crippen molar-refractivity contribution in [3.8, 4) is 5.75 Å². The van der Waals surface area contributed by atoms with Crippen molar-refractivity contribution in [2.75, 3.05) is 13.3 Å². The fourth-order valence-electron chi connectivity index (χ4n) is 5.02. The summed E-state index contributed by atoms with van der Waals surface area (Å²) in [6.45, 7) is 0.